The van der Waals surface area contributed by atoms with Crippen LogP contribution in [0, 0.1) is 0 Å². The van der Waals surface area contributed by atoms with Crippen LogP contribution in [0.2, 0.25) is 0 Å². The van der Waals surface area contributed by atoms with Crippen LogP contribution in [0.25, 0.3) is 0 Å². The highest BCUT2D eigenvalue weighted by Gasteiger charge is 2.13. The Balaban J connectivity index is 1.91. The van der Waals surface area contributed by atoms with Crippen LogP contribution in [0.1, 0.15) is 10.4 Å². The SMILES string of the molecule is O=C(NN(c1ccccc1)c1ccccc1)c1ccccc1. The van der Waals surface area contributed by atoms with Crippen molar-refractivity contribution in [1.29, 1.82) is 0 Å². The number of benzene rings is 3. The van der Waals surface area contributed by atoms with Crippen LogP contribution in [-0.4, -0.2) is 5.91 Å². The Labute approximate surface area is 129 Å². The molecule has 3 aromatic rings. The van der Waals surface area contributed by atoms with Crippen LogP contribution in [0.4, 0.5) is 11.4 Å². The molecule has 22 heavy (non-hydrogen) atoms. The van der Waals surface area contributed by atoms with Gasteiger partial charge in [-0.05, 0) is 36.4 Å². The molecule has 0 saturated heterocycles. The lowest BCUT2D eigenvalue weighted by Gasteiger charge is -2.25. The summed E-state index contributed by atoms with van der Waals surface area (Å²) in [5.41, 5.74) is 5.39. The average molecular weight is 288 g/mol. The van der Waals surface area contributed by atoms with Gasteiger partial charge in [0.2, 0.25) is 0 Å². The standard InChI is InChI=1S/C19H16N2O/c22-19(16-10-4-1-5-11-16)20-21(17-12-6-2-7-13-17)18-14-8-3-9-15-18/h1-15H,(H,20,22). The normalized spacial score (nSPS) is 10.0. The molecule has 1 N–H and O–H groups in total. The van der Waals surface area contributed by atoms with Crippen LogP contribution in [0.5, 0.6) is 0 Å². The third-order valence-electron chi connectivity index (χ3n) is 3.28. The van der Waals surface area contributed by atoms with Gasteiger partial charge in [-0.1, -0.05) is 54.6 Å². The van der Waals surface area contributed by atoms with E-state index >= 15 is 0 Å². The van der Waals surface area contributed by atoms with E-state index in [9.17, 15) is 4.79 Å². The number of carbonyl (C=O) groups excluding carboxylic acids is 1. The molecule has 1 amide bonds. The van der Waals surface area contributed by atoms with E-state index in [2.05, 4.69) is 5.43 Å². The lowest BCUT2D eigenvalue weighted by atomic mass is 10.2. The summed E-state index contributed by atoms with van der Waals surface area (Å²) in [4.78, 5) is 12.4. The molecular formula is C19H16N2O. The first kappa shape index (κ1) is 13.9. The first-order valence-corrected chi connectivity index (χ1v) is 7.11. The van der Waals surface area contributed by atoms with Crippen molar-refractivity contribution >= 4 is 17.3 Å². The Kier molecular flexibility index (Phi) is 4.16. The summed E-state index contributed by atoms with van der Waals surface area (Å²) >= 11 is 0. The van der Waals surface area contributed by atoms with E-state index in [0.717, 1.165) is 11.4 Å². The maximum atomic E-state index is 12.4. The zero-order valence-electron chi connectivity index (χ0n) is 12.0. The predicted octanol–water partition coefficient (Wildman–Crippen LogP) is 4.17. The summed E-state index contributed by atoms with van der Waals surface area (Å²) < 4.78 is 0. The molecule has 0 aromatic heterocycles. The molecule has 0 unspecified atom stereocenters. The summed E-state index contributed by atoms with van der Waals surface area (Å²) in [6.07, 6.45) is 0. The number of para-hydroxylation sites is 2. The quantitative estimate of drug-likeness (QED) is 0.731. The number of hydrazine groups is 1. The molecular weight excluding hydrogens is 272 g/mol. The fourth-order valence-corrected chi connectivity index (χ4v) is 2.19. The number of amides is 1. The van der Waals surface area contributed by atoms with Gasteiger partial charge in [0.25, 0.3) is 5.91 Å². The number of rotatable bonds is 4. The van der Waals surface area contributed by atoms with Crippen LogP contribution in [0.3, 0.4) is 0 Å². The molecule has 0 bridgehead atoms. The second-order valence-electron chi connectivity index (χ2n) is 4.81. The first-order valence-electron chi connectivity index (χ1n) is 7.11. The minimum Gasteiger partial charge on any atom is -0.267 e. The summed E-state index contributed by atoms with van der Waals surface area (Å²) in [5, 5.41) is 1.79. The van der Waals surface area contributed by atoms with Gasteiger partial charge >= 0.3 is 0 Å². The van der Waals surface area contributed by atoms with Crippen molar-refractivity contribution in [3.63, 3.8) is 0 Å². The Morgan fingerprint density at radius 2 is 1.05 bits per heavy atom. The molecule has 0 fully saturated rings. The number of hydrogen-bond donors (Lipinski definition) is 1. The molecule has 0 saturated carbocycles. The Morgan fingerprint density at radius 3 is 1.50 bits per heavy atom. The molecule has 0 aliphatic rings. The van der Waals surface area contributed by atoms with E-state index in [1.165, 1.54) is 0 Å². The molecule has 0 heterocycles. The van der Waals surface area contributed by atoms with Crippen LogP contribution >= 0.6 is 0 Å². The van der Waals surface area contributed by atoms with Gasteiger partial charge in [0.15, 0.2) is 0 Å². The molecule has 3 aromatic carbocycles. The van der Waals surface area contributed by atoms with Crippen LogP contribution < -0.4 is 10.4 Å². The Morgan fingerprint density at radius 1 is 0.636 bits per heavy atom. The number of anilines is 2. The van der Waals surface area contributed by atoms with Crippen molar-refractivity contribution in [2.75, 3.05) is 5.01 Å². The van der Waals surface area contributed by atoms with E-state index in [-0.39, 0.29) is 5.91 Å². The third kappa shape index (κ3) is 3.15. The zero-order chi connectivity index (χ0) is 15.2. The maximum absolute atomic E-state index is 12.4. The second kappa shape index (κ2) is 6.59. The number of nitrogens with one attached hydrogen (secondary N) is 1. The van der Waals surface area contributed by atoms with E-state index in [1.807, 2.05) is 78.9 Å². The fourth-order valence-electron chi connectivity index (χ4n) is 2.19. The Hall–Kier alpha value is -3.07. The van der Waals surface area contributed by atoms with Crippen molar-refractivity contribution < 1.29 is 4.79 Å². The Bertz CT molecular complexity index is 688. The van der Waals surface area contributed by atoms with Gasteiger partial charge in [-0.2, -0.15) is 0 Å². The largest absolute Gasteiger partial charge is 0.270 e. The zero-order valence-corrected chi connectivity index (χ0v) is 12.0. The molecule has 0 aliphatic carbocycles. The second-order valence-corrected chi connectivity index (χ2v) is 4.81. The number of carbonyl (C=O) groups is 1. The summed E-state index contributed by atoms with van der Waals surface area (Å²) in [5.74, 6) is -0.145. The van der Waals surface area contributed by atoms with Gasteiger partial charge < -0.3 is 0 Å². The molecule has 3 heteroatoms. The summed E-state index contributed by atoms with van der Waals surface area (Å²) in [7, 11) is 0. The van der Waals surface area contributed by atoms with Gasteiger partial charge in [-0.15, -0.1) is 0 Å². The van der Waals surface area contributed by atoms with Gasteiger partial charge in [0, 0.05) is 5.56 Å². The first-order chi connectivity index (χ1) is 10.8. The van der Waals surface area contributed by atoms with Crippen LogP contribution in [-0.2, 0) is 0 Å². The fraction of sp³-hybridized carbons (Fsp3) is 0. The highest BCUT2D eigenvalue weighted by Crippen LogP contribution is 2.22. The van der Waals surface area contributed by atoms with E-state index < -0.39 is 0 Å². The highest BCUT2D eigenvalue weighted by molar-refractivity contribution is 5.96. The number of nitrogens with zero attached hydrogens (tertiary/aromatic N) is 1. The average Bonchev–Trinajstić information content (AvgIpc) is 2.62. The topological polar surface area (TPSA) is 32.3 Å². The van der Waals surface area contributed by atoms with Crippen molar-refractivity contribution in [2.24, 2.45) is 0 Å². The van der Waals surface area contributed by atoms with Gasteiger partial charge in [-0.25, -0.2) is 0 Å². The van der Waals surface area contributed by atoms with Gasteiger partial charge in [-0.3, -0.25) is 15.2 Å². The smallest absolute Gasteiger partial charge is 0.267 e. The van der Waals surface area contributed by atoms with E-state index in [1.54, 1.807) is 17.1 Å². The number of hydrogen-bond acceptors (Lipinski definition) is 2. The monoisotopic (exact) mass is 288 g/mol. The summed E-state index contributed by atoms with van der Waals surface area (Å²) in [6.45, 7) is 0. The molecule has 0 aliphatic heterocycles. The third-order valence-corrected chi connectivity index (χ3v) is 3.28. The molecule has 3 rings (SSSR count). The minimum atomic E-state index is -0.145. The minimum absolute atomic E-state index is 0.145. The molecule has 108 valence electrons. The predicted molar refractivity (Wildman–Crippen MR) is 88.9 cm³/mol. The van der Waals surface area contributed by atoms with Crippen molar-refractivity contribution in [3.05, 3.63) is 96.6 Å². The summed E-state index contributed by atoms with van der Waals surface area (Å²) in [6, 6.07) is 28.7. The van der Waals surface area contributed by atoms with Gasteiger partial charge in [0.05, 0.1) is 11.4 Å². The van der Waals surface area contributed by atoms with Crippen molar-refractivity contribution in [3.8, 4) is 0 Å². The van der Waals surface area contributed by atoms with Crippen LogP contribution in [0.15, 0.2) is 91.0 Å². The molecule has 0 spiro atoms. The van der Waals surface area contributed by atoms with Crippen molar-refractivity contribution in [1.82, 2.24) is 5.43 Å². The highest BCUT2D eigenvalue weighted by atomic mass is 16.2. The van der Waals surface area contributed by atoms with E-state index in [4.69, 9.17) is 0 Å². The molecule has 0 radical (unpaired) electrons. The van der Waals surface area contributed by atoms with E-state index in [0.29, 0.717) is 5.56 Å². The lowest BCUT2D eigenvalue weighted by Crippen LogP contribution is -2.38. The maximum Gasteiger partial charge on any atom is 0.270 e. The lowest BCUT2D eigenvalue weighted by molar-refractivity contribution is 0.0953. The van der Waals surface area contributed by atoms with Gasteiger partial charge in [0.1, 0.15) is 0 Å². The molecule has 0 atom stereocenters. The van der Waals surface area contributed by atoms with Crippen molar-refractivity contribution in [2.45, 2.75) is 0 Å². The molecule has 3 nitrogen and oxygen atoms in total.